The van der Waals surface area contributed by atoms with Gasteiger partial charge in [-0.25, -0.2) is 4.79 Å². The van der Waals surface area contributed by atoms with Crippen LogP contribution in [0.4, 0.5) is 4.79 Å². The molecule has 18 heteroatoms. The highest BCUT2D eigenvalue weighted by Crippen LogP contribution is 2.48. The van der Waals surface area contributed by atoms with E-state index < -0.39 is 76.8 Å². The third kappa shape index (κ3) is 12.6. The number of hydrogen-bond donors (Lipinski definition) is 4. The molecule has 16 nitrogen and oxygen atoms in total. The van der Waals surface area contributed by atoms with Gasteiger partial charge in [0.2, 0.25) is 29.5 Å². The monoisotopic (exact) mass is 1110 g/mol. The Morgan fingerprint density at radius 1 is 0.722 bits per heavy atom. The van der Waals surface area contributed by atoms with Gasteiger partial charge in [0, 0.05) is 31.0 Å². The van der Waals surface area contributed by atoms with Crippen LogP contribution >= 0.6 is 23.5 Å². The van der Waals surface area contributed by atoms with Crippen LogP contribution in [0.15, 0.2) is 72.8 Å². The minimum Gasteiger partial charge on any atom is -0.444 e. The lowest BCUT2D eigenvalue weighted by Crippen LogP contribution is -2.58. The Morgan fingerprint density at radius 3 is 1.71 bits per heavy atom. The number of nitrogens with zero attached hydrogens (tertiary/aromatic N) is 3. The second kappa shape index (κ2) is 23.6. The number of nitrogens with two attached hydrogens (primary N) is 1. The van der Waals surface area contributed by atoms with Crippen molar-refractivity contribution < 1.29 is 43.0 Å². The van der Waals surface area contributed by atoms with Gasteiger partial charge in [-0.05, 0) is 116 Å². The van der Waals surface area contributed by atoms with Gasteiger partial charge in [-0.15, -0.1) is 23.5 Å². The predicted octanol–water partition coefficient (Wildman–Crippen LogP) is 6.23. The number of nitrogens with one attached hydrogen (secondary N) is 3. The van der Waals surface area contributed by atoms with Gasteiger partial charge in [0.05, 0.1) is 41.1 Å². The van der Waals surface area contributed by atoms with Crippen molar-refractivity contribution in [1.82, 2.24) is 30.7 Å². The van der Waals surface area contributed by atoms with Crippen LogP contribution in [0.1, 0.15) is 127 Å². The number of fused-ring (bicyclic) bond motifs is 4. The van der Waals surface area contributed by atoms with Crippen molar-refractivity contribution in [3.8, 4) is 23.7 Å². The third-order valence-electron chi connectivity index (χ3n) is 16.1. The molecule has 3 aromatic rings. The molecular weight excluding hydrogens is 1040 g/mol. The fourth-order valence-electron chi connectivity index (χ4n) is 12.0. The maximum atomic E-state index is 14.7. The molecule has 0 bridgehead atoms. The van der Waals surface area contributed by atoms with E-state index in [1.807, 2.05) is 80.6 Å². The molecule has 9 rings (SSSR count). The molecule has 4 aliphatic heterocycles. The van der Waals surface area contributed by atoms with E-state index in [0.29, 0.717) is 44.3 Å². The number of hydrogen-bond acceptors (Lipinski definition) is 12. The Hall–Kier alpha value is -6.02. The number of likely N-dealkylation sites (N-methyl/N-ethyl adjacent to an activating group) is 1. The highest BCUT2D eigenvalue weighted by atomic mass is 32.2. The van der Waals surface area contributed by atoms with Crippen molar-refractivity contribution in [2.24, 2.45) is 16.6 Å². The summed E-state index contributed by atoms with van der Waals surface area (Å²) in [5.74, 6) is 12.7. The molecule has 79 heavy (non-hydrogen) atoms. The van der Waals surface area contributed by atoms with Crippen molar-refractivity contribution in [3.05, 3.63) is 106 Å². The van der Waals surface area contributed by atoms with Gasteiger partial charge < -0.3 is 45.7 Å². The first kappa shape index (κ1) is 57.7. The molecule has 420 valence electrons. The summed E-state index contributed by atoms with van der Waals surface area (Å²) in [5, 5.41) is 9.15. The van der Waals surface area contributed by atoms with E-state index >= 15 is 0 Å². The normalized spacial score (nSPS) is 27.7. The molecule has 5 N–H and O–H groups in total. The van der Waals surface area contributed by atoms with Crippen molar-refractivity contribution >= 4 is 59.2 Å². The summed E-state index contributed by atoms with van der Waals surface area (Å²) in [6, 6.07) is 18.8. The molecule has 0 saturated carbocycles. The van der Waals surface area contributed by atoms with Crippen LogP contribution in [-0.4, -0.2) is 141 Å². The van der Waals surface area contributed by atoms with Crippen LogP contribution < -0.4 is 21.7 Å². The second-order valence-electron chi connectivity index (χ2n) is 24.0. The van der Waals surface area contributed by atoms with E-state index in [4.69, 9.17) is 19.9 Å². The molecule has 0 aromatic heterocycles. The molecule has 0 spiro atoms. The molecular formula is C61H75N7O9S2. The van der Waals surface area contributed by atoms with Gasteiger partial charge in [0.25, 0.3) is 0 Å². The molecule has 4 heterocycles. The number of thioether (sulfide) groups is 2. The fourth-order valence-corrected chi connectivity index (χ4v) is 15.2. The summed E-state index contributed by atoms with van der Waals surface area (Å²) >= 11 is 3.32. The zero-order valence-electron chi connectivity index (χ0n) is 46.8. The summed E-state index contributed by atoms with van der Waals surface area (Å²) < 4.78 is 18.4. The number of benzene rings is 3. The van der Waals surface area contributed by atoms with Crippen LogP contribution in [0.25, 0.3) is 0 Å². The Kier molecular flexibility index (Phi) is 17.2. The summed E-state index contributed by atoms with van der Waals surface area (Å²) in [5.41, 5.74) is 10.1. The molecule has 6 amide bonds. The zero-order chi connectivity index (χ0) is 56.6. The smallest absolute Gasteiger partial charge is 0.410 e. The maximum Gasteiger partial charge on any atom is 0.410 e. The largest absolute Gasteiger partial charge is 0.444 e. The summed E-state index contributed by atoms with van der Waals surface area (Å²) in [7, 11) is 1.49. The van der Waals surface area contributed by atoms with Gasteiger partial charge >= 0.3 is 6.09 Å². The predicted molar refractivity (Wildman–Crippen MR) is 305 cm³/mol. The summed E-state index contributed by atoms with van der Waals surface area (Å²) in [4.78, 5) is 88.1. The lowest BCUT2D eigenvalue weighted by atomic mass is 9.83. The van der Waals surface area contributed by atoms with Gasteiger partial charge in [0.1, 0.15) is 43.0 Å². The Balaban J connectivity index is 0.816. The van der Waals surface area contributed by atoms with Gasteiger partial charge in [-0.2, -0.15) is 0 Å². The molecule has 2 aliphatic carbocycles. The average molecular weight is 1110 g/mol. The first-order chi connectivity index (χ1) is 37.5. The molecule has 4 saturated heterocycles. The summed E-state index contributed by atoms with van der Waals surface area (Å²) in [6.45, 7) is 15.2. The molecule has 11 atom stereocenters. The minimum atomic E-state index is -0.913. The Bertz CT molecular complexity index is 2980. The van der Waals surface area contributed by atoms with Crippen molar-refractivity contribution in [2.75, 3.05) is 31.8 Å². The van der Waals surface area contributed by atoms with Crippen molar-refractivity contribution in [3.63, 3.8) is 0 Å². The van der Waals surface area contributed by atoms with Gasteiger partial charge in [-0.1, -0.05) is 106 Å². The molecule has 3 aromatic carbocycles. The number of carbonyl (C=O) groups excluding carboxylic acids is 6. The van der Waals surface area contributed by atoms with Crippen LogP contribution in [0.2, 0.25) is 0 Å². The van der Waals surface area contributed by atoms with Crippen LogP contribution in [0, 0.1) is 34.5 Å². The topological polar surface area (TPSA) is 202 Å². The lowest BCUT2D eigenvalue weighted by Gasteiger charge is -2.35. The highest BCUT2D eigenvalue weighted by Gasteiger charge is 2.56. The average Bonchev–Trinajstić information content (AvgIpc) is 4.29. The zero-order valence-corrected chi connectivity index (χ0v) is 48.4. The first-order valence-electron chi connectivity index (χ1n) is 27.5. The molecule has 0 unspecified atom stereocenters. The van der Waals surface area contributed by atoms with Crippen LogP contribution in [-0.2, 0) is 51.0 Å². The number of amides is 6. The Labute approximate surface area is 473 Å². The first-order valence-corrected chi connectivity index (χ1v) is 29.6. The number of carbonyl (C=O) groups is 6. The van der Waals surface area contributed by atoms with Gasteiger partial charge in [-0.3, -0.25) is 28.9 Å². The van der Waals surface area contributed by atoms with E-state index in [1.54, 1.807) is 61.0 Å². The fraction of sp³-hybridized carbons (Fsp3) is 0.541. The molecule has 4 fully saturated rings. The number of ether oxygens (including phenoxy) is 3. The van der Waals surface area contributed by atoms with Crippen molar-refractivity contribution in [2.45, 2.75) is 165 Å². The lowest BCUT2D eigenvalue weighted by molar-refractivity contribution is -0.144. The highest BCUT2D eigenvalue weighted by molar-refractivity contribution is 8.00. The SMILES string of the molecule is C[C@@H](C(=O)N[C@H]1CCS[C@H]2CC(C)(C)[C@@H](C(=O)N[C@H]3c4ccccc4C[C@H]3OCC#Cc3cccc(C#CCO[C@@H]4Cc5ccccc5[C@@H]4NC(=O)[C@H]4N5C(=O)[C@@H](N)CCS[C@H]5CC4(C)C)c3)N2C1=O)N(C)C(=O)OC(C)(C)C. The van der Waals surface area contributed by atoms with Gasteiger partial charge in [0.15, 0.2) is 0 Å². The van der Waals surface area contributed by atoms with E-state index in [2.05, 4.69) is 59.5 Å². The van der Waals surface area contributed by atoms with Crippen LogP contribution in [0.5, 0.6) is 0 Å². The standard InChI is InChI=1S/C61H75N7O9S2/c1-36(66(9)58(74)77-59(2,3)4)53(69)63-44-26-30-79-48-35-61(7,8)52(68(48)57(44)73)55(71)65-50-42-24-13-11-22-40(42)33-46(50)76-28-16-20-38-18-14-17-37(31-38)19-15-27-75-45-32-39-21-10-12-23-41(39)49(45)64-54(70)51-60(5,6)34-47-67(51)56(72)43(62)25-29-78-47/h10-14,17-18,21-24,31,36,43-52H,25-30,32-35,62H2,1-9H3,(H,63,69)(H,64,70)(H,65,71)/t36-,43-,44-,45+,46+,47-,48-,49-,50-,51+,52+/m0/s1. The summed E-state index contributed by atoms with van der Waals surface area (Å²) in [6.07, 6.45) is 2.00. The molecule has 6 aliphatic rings. The molecule has 0 radical (unpaired) electrons. The second-order valence-corrected chi connectivity index (χ2v) is 26.6. The quantitative estimate of drug-likeness (QED) is 0.158. The van der Waals surface area contributed by atoms with E-state index in [1.165, 1.54) is 11.9 Å². The minimum absolute atomic E-state index is 0.0911. The number of rotatable bonds is 11. The third-order valence-corrected chi connectivity index (χ3v) is 18.6. The van der Waals surface area contributed by atoms with Crippen LogP contribution in [0.3, 0.4) is 0 Å². The Morgan fingerprint density at radius 2 is 1.20 bits per heavy atom. The van der Waals surface area contributed by atoms with E-state index in [0.717, 1.165) is 39.1 Å². The van der Waals surface area contributed by atoms with Crippen molar-refractivity contribution in [1.29, 1.82) is 0 Å². The maximum absolute atomic E-state index is 14.7. The van der Waals surface area contributed by atoms with E-state index in [9.17, 15) is 28.8 Å². The van der Waals surface area contributed by atoms with E-state index in [-0.39, 0.29) is 53.7 Å².